The van der Waals surface area contributed by atoms with Gasteiger partial charge in [-0.15, -0.1) is 0 Å². The van der Waals surface area contributed by atoms with Crippen LogP contribution in [0.5, 0.6) is 0 Å². The van der Waals surface area contributed by atoms with Gasteiger partial charge in [0.15, 0.2) is 5.78 Å². The van der Waals surface area contributed by atoms with E-state index < -0.39 is 11.6 Å². The Morgan fingerprint density at radius 1 is 1.00 bits per heavy atom. The number of nitrogens with one attached hydrogen (secondary N) is 1. The molecule has 6 nitrogen and oxygen atoms in total. The Kier molecular flexibility index (Phi) is 6.05. The first kappa shape index (κ1) is 23.1. The molecular formula is C29H31N3O3. The molecule has 2 aliphatic rings. The fraction of sp³-hybridized carbons (Fsp3) is 0.345. The molecule has 1 atom stereocenters. The molecule has 1 N–H and O–H groups in total. The van der Waals surface area contributed by atoms with Crippen LogP contribution in [0.2, 0.25) is 0 Å². The Bertz CT molecular complexity index is 1290. The van der Waals surface area contributed by atoms with Crippen LogP contribution in [0.1, 0.15) is 57.7 Å². The normalized spacial score (nSPS) is 19.5. The zero-order valence-electron chi connectivity index (χ0n) is 20.3. The molecule has 6 heteroatoms. The Labute approximate surface area is 205 Å². The van der Waals surface area contributed by atoms with E-state index in [1.54, 1.807) is 0 Å². The van der Waals surface area contributed by atoms with Crippen LogP contribution >= 0.6 is 0 Å². The van der Waals surface area contributed by atoms with Crippen molar-refractivity contribution < 1.29 is 14.4 Å². The molecule has 1 saturated heterocycles. The van der Waals surface area contributed by atoms with E-state index in [1.165, 1.54) is 5.56 Å². The first-order valence-electron chi connectivity index (χ1n) is 12.4. The van der Waals surface area contributed by atoms with Gasteiger partial charge in [-0.25, -0.2) is 4.79 Å². The first-order chi connectivity index (χ1) is 16.9. The molecule has 180 valence electrons. The van der Waals surface area contributed by atoms with Crippen molar-refractivity contribution >= 4 is 17.7 Å². The number of aryl methyl sites for hydroxylation is 3. The lowest BCUT2D eigenvalue weighted by atomic mass is 9.84. The van der Waals surface area contributed by atoms with Crippen molar-refractivity contribution in [3.8, 4) is 0 Å². The summed E-state index contributed by atoms with van der Waals surface area (Å²) >= 11 is 0. The van der Waals surface area contributed by atoms with Crippen LogP contribution in [0, 0.1) is 13.8 Å². The highest BCUT2D eigenvalue weighted by molar-refractivity contribution is 6.11. The number of fused-ring (bicyclic) bond motifs is 2. The molecule has 1 aliphatic heterocycles. The van der Waals surface area contributed by atoms with Gasteiger partial charge in [-0.2, -0.15) is 0 Å². The summed E-state index contributed by atoms with van der Waals surface area (Å²) in [5.41, 5.74) is 4.55. The van der Waals surface area contributed by atoms with Gasteiger partial charge in [-0.05, 0) is 68.7 Å². The second-order valence-electron chi connectivity index (χ2n) is 9.69. The Balaban J connectivity index is 1.36. The number of carbonyl (C=O) groups excluding carboxylic acids is 3. The smallest absolute Gasteiger partial charge is 0.325 e. The van der Waals surface area contributed by atoms with Crippen molar-refractivity contribution in [1.82, 2.24) is 14.8 Å². The van der Waals surface area contributed by atoms with Crippen LogP contribution in [0.25, 0.3) is 0 Å². The minimum Gasteiger partial charge on any atom is -0.348 e. The molecule has 2 heterocycles. The summed E-state index contributed by atoms with van der Waals surface area (Å²) < 4.78 is 2.13. The van der Waals surface area contributed by atoms with E-state index >= 15 is 0 Å². The van der Waals surface area contributed by atoms with Gasteiger partial charge in [0, 0.05) is 23.5 Å². The summed E-state index contributed by atoms with van der Waals surface area (Å²) in [4.78, 5) is 41.1. The van der Waals surface area contributed by atoms with Gasteiger partial charge in [0.2, 0.25) is 0 Å². The number of aromatic nitrogens is 1. The average Bonchev–Trinajstić information content (AvgIpc) is 3.18. The fourth-order valence-electron chi connectivity index (χ4n) is 5.66. The van der Waals surface area contributed by atoms with Crippen LogP contribution in [-0.2, 0) is 29.7 Å². The summed E-state index contributed by atoms with van der Waals surface area (Å²) in [6, 6.07) is 19.5. The summed E-state index contributed by atoms with van der Waals surface area (Å²) in [5, 5.41) is 2.97. The maximum Gasteiger partial charge on any atom is 0.325 e. The number of benzene rings is 2. The standard InChI is InChI=1S/C29H31N3O3/c1-20-18-24(21(2)31(20)17-15-22-10-4-3-5-11-22)26(33)19-32-27(34)29(30-28(32)35)16-9-8-13-23-12-6-7-14-25(23)29/h3-7,10-12,14,18H,8-9,13,15-17,19H2,1-2H3,(H,30,35)/t29-/m1/s1. The fourth-order valence-corrected chi connectivity index (χ4v) is 5.66. The van der Waals surface area contributed by atoms with Gasteiger partial charge in [-0.3, -0.25) is 14.5 Å². The molecule has 0 saturated carbocycles. The van der Waals surface area contributed by atoms with E-state index in [-0.39, 0.29) is 18.2 Å². The SMILES string of the molecule is Cc1cc(C(=O)CN2C(=O)N[C@@]3(CCCCc4ccccc43)C2=O)c(C)n1CCc1ccccc1. The largest absolute Gasteiger partial charge is 0.348 e. The number of imide groups is 1. The predicted molar refractivity (Wildman–Crippen MR) is 134 cm³/mol. The molecule has 3 amide bonds. The molecule has 3 aromatic rings. The van der Waals surface area contributed by atoms with Crippen molar-refractivity contribution in [2.45, 2.75) is 58.0 Å². The topological polar surface area (TPSA) is 71.4 Å². The third kappa shape index (κ3) is 4.07. The van der Waals surface area contributed by atoms with Crippen LogP contribution in [0.15, 0.2) is 60.7 Å². The molecule has 0 radical (unpaired) electrons. The van der Waals surface area contributed by atoms with Crippen molar-refractivity contribution in [1.29, 1.82) is 0 Å². The maximum absolute atomic E-state index is 13.7. The predicted octanol–water partition coefficient (Wildman–Crippen LogP) is 4.70. The maximum atomic E-state index is 13.7. The van der Waals surface area contributed by atoms with Crippen LogP contribution in [0.4, 0.5) is 4.79 Å². The highest BCUT2D eigenvalue weighted by atomic mass is 16.2. The number of carbonyl (C=O) groups is 3. The van der Waals surface area contributed by atoms with Crippen LogP contribution < -0.4 is 5.32 Å². The zero-order valence-corrected chi connectivity index (χ0v) is 20.3. The van der Waals surface area contributed by atoms with Crippen LogP contribution in [-0.4, -0.2) is 33.7 Å². The first-order valence-corrected chi connectivity index (χ1v) is 12.4. The van der Waals surface area contributed by atoms with Crippen LogP contribution in [0.3, 0.4) is 0 Å². The average molecular weight is 470 g/mol. The lowest BCUT2D eigenvalue weighted by Gasteiger charge is -2.27. The number of hydrogen-bond acceptors (Lipinski definition) is 3. The highest BCUT2D eigenvalue weighted by Gasteiger charge is 2.53. The van der Waals surface area contributed by atoms with Gasteiger partial charge < -0.3 is 9.88 Å². The van der Waals surface area contributed by atoms with E-state index in [2.05, 4.69) is 22.0 Å². The van der Waals surface area contributed by atoms with E-state index in [1.807, 2.05) is 62.4 Å². The van der Waals surface area contributed by atoms with E-state index in [4.69, 9.17) is 0 Å². The van der Waals surface area contributed by atoms with Crippen molar-refractivity contribution in [3.63, 3.8) is 0 Å². The molecule has 0 bridgehead atoms. The molecular weight excluding hydrogens is 438 g/mol. The van der Waals surface area contributed by atoms with Crippen molar-refractivity contribution in [3.05, 3.63) is 94.3 Å². The summed E-state index contributed by atoms with van der Waals surface area (Å²) in [6.45, 7) is 4.43. The quantitative estimate of drug-likeness (QED) is 0.420. The monoisotopic (exact) mass is 469 g/mol. The number of amides is 3. The molecule has 0 unspecified atom stereocenters. The molecule has 1 fully saturated rings. The lowest BCUT2D eigenvalue weighted by Crippen LogP contribution is -2.44. The number of hydrogen-bond donors (Lipinski definition) is 1. The lowest BCUT2D eigenvalue weighted by molar-refractivity contribution is -0.131. The Morgan fingerprint density at radius 3 is 2.54 bits per heavy atom. The van der Waals surface area contributed by atoms with Crippen molar-refractivity contribution in [2.75, 3.05) is 6.54 Å². The van der Waals surface area contributed by atoms with E-state index in [9.17, 15) is 14.4 Å². The Morgan fingerprint density at radius 2 is 1.74 bits per heavy atom. The molecule has 1 aromatic heterocycles. The summed E-state index contributed by atoms with van der Waals surface area (Å²) in [6.07, 6.45) is 4.10. The minimum atomic E-state index is -1.07. The number of urea groups is 1. The number of nitrogens with zero attached hydrogens (tertiary/aromatic N) is 2. The van der Waals surface area contributed by atoms with Gasteiger partial charge in [-0.1, -0.05) is 54.6 Å². The van der Waals surface area contributed by atoms with Gasteiger partial charge in [0.1, 0.15) is 5.54 Å². The molecule has 35 heavy (non-hydrogen) atoms. The van der Waals surface area contributed by atoms with E-state index in [0.29, 0.717) is 12.0 Å². The van der Waals surface area contributed by atoms with Gasteiger partial charge in [0.05, 0.1) is 6.54 Å². The summed E-state index contributed by atoms with van der Waals surface area (Å²) in [5.74, 6) is -0.533. The second kappa shape index (κ2) is 9.17. The number of ketones is 1. The van der Waals surface area contributed by atoms with Gasteiger partial charge >= 0.3 is 6.03 Å². The highest BCUT2D eigenvalue weighted by Crippen LogP contribution is 2.39. The molecule has 1 aliphatic carbocycles. The van der Waals surface area contributed by atoms with Gasteiger partial charge in [0.25, 0.3) is 5.91 Å². The van der Waals surface area contributed by atoms with E-state index in [0.717, 1.165) is 59.6 Å². The van der Waals surface area contributed by atoms with Crippen molar-refractivity contribution in [2.24, 2.45) is 0 Å². The third-order valence-electron chi connectivity index (χ3n) is 7.54. The second-order valence-corrected chi connectivity index (χ2v) is 9.69. The Hall–Kier alpha value is -3.67. The molecule has 1 spiro atoms. The number of rotatable bonds is 6. The molecule has 5 rings (SSSR count). The zero-order chi connectivity index (χ0) is 24.6. The minimum absolute atomic E-state index is 0.216. The number of Topliss-reactive ketones (excluding diaryl/α,β-unsaturated/α-hetero) is 1. The molecule has 2 aromatic carbocycles. The third-order valence-corrected chi connectivity index (χ3v) is 7.54. The summed E-state index contributed by atoms with van der Waals surface area (Å²) in [7, 11) is 0.